The maximum Gasteiger partial charge on any atom is 0.339 e. The van der Waals surface area contributed by atoms with E-state index in [1.807, 2.05) is 0 Å². The van der Waals surface area contributed by atoms with Crippen molar-refractivity contribution in [3.63, 3.8) is 0 Å². The molecule has 0 aromatic heterocycles. The molecular formula is C4H12BrNO6P2. The smallest absolute Gasteiger partial charge is 0.324 e. The van der Waals surface area contributed by atoms with Gasteiger partial charge in [0.15, 0.2) is 0 Å². The Labute approximate surface area is 89.6 Å². The summed E-state index contributed by atoms with van der Waals surface area (Å²) >= 11 is 3.02. The van der Waals surface area contributed by atoms with Crippen LogP contribution in [0.1, 0.15) is 0 Å². The predicted octanol–water partition coefficient (Wildman–Crippen LogP) is -0.0463. The molecule has 10 heteroatoms. The highest BCUT2D eigenvalue weighted by molar-refractivity contribution is 9.09. The molecular weight excluding hydrogens is 300 g/mol. The molecule has 0 rings (SSSR count). The first-order chi connectivity index (χ1) is 6.14. The molecule has 0 aromatic rings. The molecule has 0 bridgehead atoms. The number of halogens is 1. The van der Waals surface area contributed by atoms with E-state index in [1.165, 1.54) is 0 Å². The molecule has 0 aliphatic carbocycles. The van der Waals surface area contributed by atoms with E-state index in [9.17, 15) is 9.13 Å². The molecule has 86 valence electrons. The highest BCUT2D eigenvalue weighted by Gasteiger charge is 2.24. The van der Waals surface area contributed by atoms with Crippen molar-refractivity contribution in [3.8, 4) is 0 Å². The van der Waals surface area contributed by atoms with Crippen molar-refractivity contribution >= 4 is 31.1 Å². The summed E-state index contributed by atoms with van der Waals surface area (Å²) in [5.41, 5.74) is 0. The lowest BCUT2D eigenvalue weighted by Gasteiger charge is -2.21. The van der Waals surface area contributed by atoms with Gasteiger partial charge in [-0.25, -0.2) is 0 Å². The molecule has 0 unspecified atom stereocenters. The fraction of sp³-hybridized carbons (Fsp3) is 1.00. The highest BCUT2D eigenvalue weighted by atomic mass is 79.9. The van der Waals surface area contributed by atoms with Crippen LogP contribution in [0.5, 0.6) is 0 Å². The van der Waals surface area contributed by atoms with Gasteiger partial charge in [-0.3, -0.25) is 14.0 Å². The van der Waals surface area contributed by atoms with Crippen LogP contribution in [0.15, 0.2) is 0 Å². The summed E-state index contributed by atoms with van der Waals surface area (Å²) in [4.78, 5) is 35.5. The second-order valence-electron chi connectivity index (χ2n) is 2.70. The van der Waals surface area contributed by atoms with Gasteiger partial charge < -0.3 is 19.6 Å². The summed E-state index contributed by atoms with van der Waals surface area (Å²) in [7, 11) is -8.55. The average molecular weight is 312 g/mol. The molecule has 0 aliphatic heterocycles. The van der Waals surface area contributed by atoms with E-state index < -0.39 is 27.8 Å². The molecule has 7 nitrogen and oxygen atoms in total. The van der Waals surface area contributed by atoms with E-state index in [2.05, 4.69) is 15.9 Å². The Hall–Kier alpha value is 0.740. The monoisotopic (exact) mass is 311 g/mol. The van der Waals surface area contributed by atoms with Gasteiger partial charge in [0, 0.05) is 11.9 Å². The first kappa shape index (κ1) is 14.7. The van der Waals surface area contributed by atoms with Crippen LogP contribution in [0, 0.1) is 0 Å². The third-order valence-electron chi connectivity index (χ3n) is 1.17. The molecule has 0 saturated heterocycles. The Balaban J connectivity index is 4.31. The molecule has 0 aliphatic rings. The van der Waals surface area contributed by atoms with E-state index in [0.29, 0.717) is 5.33 Å². The summed E-state index contributed by atoms with van der Waals surface area (Å²) in [6.07, 6.45) is -1.30. The zero-order chi connectivity index (χ0) is 11.4. The normalized spacial score (nSPS) is 13.6. The van der Waals surface area contributed by atoms with Crippen LogP contribution >= 0.6 is 31.1 Å². The zero-order valence-electron chi connectivity index (χ0n) is 7.15. The minimum atomic E-state index is -4.28. The number of hydrogen-bond donors (Lipinski definition) is 4. The van der Waals surface area contributed by atoms with Crippen LogP contribution in [0.4, 0.5) is 0 Å². The van der Waals surface area contributed by atoms with Crippen LogP contribution < -0.4 is 0 Å². The van der Waals surface area contributed by atoms with Gasteiger partial charge in [-0.2, -0.15) is 0 Å². The van der Waals surface area contributed by atoms with Gasteiger partial charge in [-0.05, 0) is 0 Å². The van der Waals surface area contributed by atoms with Gasteiger partial charge >= 0.3 is 15.2 Å². The highest BCUT2D eigenvalue weighted by Crippen LogP contribution is 2.40. The maximum atomic E-state index is 10.6. The van der Waals surface area contributed by atoms with E-state index >= 15 is 0 Å². The summed E-state index contributed by atoms with van der Waals surface area (Å²) in [5, 5.41) is 0.382. The minimum Gasteiger partial charge on any atom is -0.324 e. The van der Waals surface area contributed by atoms with Crippen molar-refractivity contribution in [1.82, 2.24) is 4.90 Å². The zero-order valence-corrected chi connectivity index (χ0v) is 10.5. The quantitative estimate of drug-likeness (QED) is 0.401. The van der Waals surface area contributed by atoms with Crippen LogP contribution in [0.25, 0.3) is 0 Å². The number of rotatable bonds is 6. The lowest BCUT2D eigenvalue weighted by molar-refractivity contribution is 0.287. The number of hydrogen-bond acceptors (Lipinski definition) is 3. The van der Waals surface area contributed by atoms with Crippen LogP contribution in [0.3, 0.4) is 0 Å². The molecule has 0 aromatic carbocycles. The largest absolute Gasteiger partial charge is 0.339 e. The summed E-state index contributed by atoms with van der Waals surface area (Å²) in [5.74, 6) is 0. The topological polar surface area (TPSA) is 118 Å². The predicted molar refractivity (Wildman–Crippen MR) is 54.3 cm³/mol. The Morgan fingerprint density at radius 2 is 1.36 bits per heavy atom. The maximum absolute atomic E-state index is 10.6. The molecule has 0 spiro atoms. The van der Waals surface area contributed by atoms with Gasteiger partial charge in [0.2, 0.25) is 0 Å². The van der Waals surface area contributed by atoms with E-state index in [0.717, 1.165) is 4.90 Å². The van der Waals surface area contributed by atoms with Crippen molar-refractivity contribution < 1.29 is 28.7 Å². The minimum absolute atomic E-state index is 0.163. The Morgan fingerprint density at radius 1 is 1.00 bits per heavy atom. The van der Waals surface area contributed by atoms with Crippen LogP contribution in [-0.2, 0) is 9.13 Å². The molecule has 0 amide bonds. The van der Waals surface area contributed by atoms with Crippen LogP contribution in [-0.4, -0.2) is 48.9 Å². The second kappa shape index (κ2) is 5.72. The van der Waals surface area contributed by atoms with Crippen molar-refractivity contribution in [2.24, 2.45) is 0 Å². The number of nitrogens with zero attached hydrogens (tertiary/aromatic N) is 1. The number of alkyl halides is 1. The molecule has 0 fully saturated rings. The van der Waals surface area contributed by atoms with Gasteiger partial charge in [0.1, 0.15) is 12.6 Å². The summed E-state index contributed by atoms with van der Waals surface area (Å²) < 4.78 is 21.2. The summed E-state index contributed by atoms with van der Waals surface area (Å²) in [6.45, 7) is 0.163. The molecule has 0 radical (unpaired) electrons. The molecule has 4 N–H and O–H groups in total. The van der Waals surface area contributed by atoms with Crippen LogP contribution in [0.2, 0.25) is 0 Å². The van der Waals surface area contributed by atoms with E-state index in [-0.39, 0.29) is 6.54 Å². The lowest BCUT2D eigenvalue weighted by atomic mass is 10.7. The summed E-state index contributed by atoms with van der Waals surface area (Å²) in [6, 6.07) is 0. The van der Waals surface area contributed by atoms with Crippen molar-refractivity contribution in [3.05, 3.63) is 0 Å². The Bertz CT molecular complexity index is 237. The fourth-order valence-electron chi connectivity index (χ4n) is 0.827. The van der Waals surface area contributed by atoms with Crippen molar-refractivity contribution in [2.45, 2.75) is 0 Å². The molecule has 0 saturated carbocycles. The first-order valence-corrected chi connectivity index (χ1v) is 8.23. The second-order valence-corrected chi connectivity index (χ2v) is 6.71. The first-order valence-electron chi connectivity index (χ1n) is 3.51. The Morgan fingerprint density at radius 3 is 1.57 bits per heavy atom. The standard InChI is InChI=1S/C4H12BrNO6P2/c5-1-2-6(3-13(7,8)9)4-14(10,11)12/h1-4H2,(H2,7,8,9)(H2,10,11,12). The van der Waals surface area contributed by atoms with Gasteiger partial charge in [-0.1, -0.05) is 15.9 Å². The van der Waals surface area contributed by atoms with E-state index in [4.69, 9.17) is 19.6 Å². The lowest BCUT2D eigenvalue weighted by Crippen LogP contribution is -2.28. The van der Waals surface area contributed by atoms with Gasteiger partial charge in [-0.15, -0.1) is 0 Å². The van der Waals surface area contributed by atoms with Crippen molar-refractivity contribution in [2.75, 3.05) is 24.4 Å². The van der Waals surface area contributed by atoms with Crippen molar-refractivity contribution in [1.29, 1.82) is 0 Å². The third kappa shape index (κ3) is 9.30. The fourth-order valence-corrected chi connectivity index (χ4v) is 3.01. The van der Waals surface area contributed by atoms with Gasteiger partial charge in [0.05, 0.1) is 0 Å². The molecule has 14 heavy (non-hydrogen) atoms. The van der Waals surface area contributed by atoms with E-state index in [1.54, 1.807) is 0 Å². The average Bonchev–Trinajstić information content (AvgIpc) is 1.78. The SMILES string of the molecule is O=P(O)(O)CN(CCBr)CP(=O)(O)O. The molecule has 0 heterocycles. The molecule has 0 atom stereocenters. The third-order valence-corrected chi connectivity index (χ3v) is 3.06. The van der Waals surface area contributed by atoms with Gasteiger partial charge in [0.25, 0.3) is 0 Å². The Kier molecular flexibility index (Phi) is 6.03.